The van der Waals surface area contributed by atoms with Crippen molar-refractivity contribution in [1.29, 1.82) is 0 Å². The average molecular weight is 384 g/mol. The SMILES string of the molecule is O=C1CC(C(=O)N2CCCCC2C2OCCO2)CN1c1ccc2c(c1)CCC2. The third-order valence-corrected chi connectivity index (χ3v) is 6.66. The summed E-state index contributed by atoms with van der Waals surface area (Å²) in [5.41, 5.74) is 3.70. The minimum absolute atomic E-state index is 0.0205. The molecule has 1 aromatic rings. The second-order valence-corrected chi connectivity index (χ2v) is 8.42. The van der Waals surface area contributed by atoms with E-state index in [0.29, 0.717) is 26.2 Å². The first-order valence-corrected chi connectivity index (χ1v) is 10.7. The third kappa shape index (κ3) is 3.22. The number of nitrogens with zero attached hydrogens (tertiary/aromatic N) is 2. The Balaban J connectivity index is 1.31. The van der Waals surface area contributed by atoms with E-state index in [2.05, 4.69) is 12.1 Å². The van der Waals surface area contributed by atoms with Crippen LogP contribution in [0.3, 0.4) is 0 Å². The number of fused-ring (bicyclic) bond motifs is 1. The third-order valence-electron chi connectivity index (χ3n) is 6.66. The van der Waals surface area contributed by atoms with Crippen LogP contribution in [0.4, 0.5) is 5.69 Å². The van der Waals surface area contributed by atoms with Crippen molar-refractivity contribution in [2.24, 2.45) is 5.92 Å². The van der Waals surface area contributed by atoms with Gasteiger partial charge in [-0.05, 0) is 61.8 Å². The molecule has 6 nitrogen and oxygen atoms in total. The molecule has 150 valence electrons. The molecule has 28 heavy (non-hydrogen) atoms. The average Bonchev–Trinajstić information content (AvgIpc) is 3.47. The lowest BCUT2D eigenvalue weighted by atomic mass is 9.98. The first kappa shape index (κ1) is 18.1. The highest BCUT2D eigenvalue weighted by atomic mass is 16.7. The summed E-state index contributed by atoms with van der Waals surface area (Å²) < 4.78 is 11.4. The van der Waals surface area contributed by atoms with E-state index < -0.39 is 0 Å². The van der Waals surface area contributed by atoms with Crippen molar-refractivity contribution in [1.82, 2.24) is 4.90 Å². The lowest BCUT2D eigenvalue weighted by molar-refractivity contribution is -0.154. The molecule has 3 saturated heterocycles. The van der Waals surface area contributed by atoms with Crippen LogP contribution in [0.5, 0.6) is 0 Å². The van der Waals surface area contributed by atoms with Gasteiger partial charge in [0.05, 0.1) is 25.2 Å². The summed E-state index contributed by atoms with van der Waals surface area (Å²) in [6, 6.07) is 6.32. The molecule has 1 aliphatic carbocycles. The standard InChI is InChI=1S/C22H28N2O4/c25-20-13-17(14-24(20)18-8-7-15-4-3-5-16(15)12-18)21(26)23-9-2-1-6-19(23)22-27-10-11-28-22/h7-8,12,17,19,22H,1-6,9-11,13-14H2. The quantitative estimate of drug-likeness (QED) is 0.802. The molecule has 4 aliphatic rings. The van der Waals surface area contributed by atoms with E-state index in [1.54, 1.807) is 0 Å². The minimum atomic E-state index is -0.311. The van der Waals surface area contributed by atoms with Crippen LogP contribution in [0.15, 0.2) is 18.2 Å². The number of likely N-dealkylation sites (tertiary alicyclic amines) is 1. The van der Waals surface area contributed by atoms with Crippen LogP contribution in [0.1, 0.15) is 43.2 Å². The summed E-state index contributed by atoms with van der Waals surface area (Å²) in [4.78, 5) is 29.8. The molecule has 3 aliphatic heterocycles. The molecule has 3 fully saturated rings. The van der Waals surface area contributed by atoms with Crippen LogP contribution >= 0.6 is 0 Å². The Morgan fingerprint density at radius 3 is 2.71 bits per heavy atom. The fourth-order valence-corrected chi connectivity index (χ4v) is 5.20. The highest BCUT2D eigenvalue weighted by Gasteiger charge is 2.42. The fraction of sp³-hybridized carbons (Fsp3) is 0.636. The maximum atomic E-state index is 13.3. The van der Waals surface area contributed by atoms with E-state index in [-0.39, 0.29) is 30.1 Å². The number of anilines is 1. The summed E-state index contributed by atoms with van der Waals surface area (Å²) in [5.74, 6) is -0.137. The number of hydrogen-bond donors (Lipinski definition) is 0. The molecule has 0 N–H and O–H groups in total. The van der Waals surface area contributed by atoms with E-state index in [4.69, 9.17) is 9.47 Å². The van der Waals surface area contributed by atoms with Gasteiger partial charge in [-0.3, -0.25) is 9.59 Å². The number of rotatable bonds is 3. The van der Waals surface area contributed by atoms with Gasteiger partial charge in [-0.2, -0.15) is 0 Å². The number of ether oxygens (including phenoxy) is 2. The Kier molecular flexibility index (Phi) is 4.85. The summed E-state index contributed by atoms with van der Waals surface area (Å²) in [7, 11) is 0. The van der Waals surface area contributed by atoms with Gasteiger partial charge in [0.1, 0.15) is 0 Å². The summed E-state index contributed by atoms with van der Waals surface area (Å²) in [6.45, 7) is 2.40. The zero-order valence-corrected chi connectivity index (χ0v) is 16.3. The molecule has 2 atom stereocenters. The Labute approximate surface area is 165 Å². The minimum Gasteiger partial charge on any atom is -0.348 e. The summed E-state index contributed by atoms with van der Waals surface area (Å²) >= 11 is 0. The van der Waals surface area contributed by atoms with Crippen LogP contribution < -0.4 is 4.90 Å². The lowest BCUT2D eigenvalue weighted by Gasteiger charge is -2.39. The Morgan fingerprint density at radius 1 is 1.04 bits per heavy atom. The summed E-state index contributed by atoms with van der Waals surface area (Å²) in [5, 5.41) is 0. The molecular formula is C22H28N2O4. The van der Waals surface area contributed by atoms with Crippen LogP contribution in [0.2, 0.25) is 0 Å². The number of amides is 2. The van der Waals surface area contributed by atoms with Crippen molar-refractivity contribution in [3.63, 3.8) is 0 Å². The molecule has 0 bridgehead atoms. The van der Waals surface area contributed by atoms with Crippen LogP contribution in [0.25, 0.3) is 0 Å². The molecule has 1 aromatic carbocycles. The van der Waals surface area contributed by atoms with Crippen molar-refractivity contribution in [2.75, 3.05) is 31.2 Å². The number of carbonyl (C=O) groups excluding carboxylic acids is 2. The van der Waals surface area contributed by atoms with Crippen molar-refractivity contribution < 1.29 is 19.1 Å². The van der Waals surface area contributed by atoms with Gasteiger partial charge in [-0.25, -0.2) is 0 Å². The molecule has 0 saturated carbocycles. The van der Waals surface area contributed by atoms with Crippen molar-refractivity contribution in [3.05, 3.63) is 29.3 Å². The molecule has 3 heterocycles. The molecule has 6 heteroatoms. The fourth-order valence-electron chi connectivity index (χ4n) is 5.20. The van der Waals surface area contributed by atoms with Gasteiger partial charge in [-0.1, -0.05) is 6.07 Å². The molecule has 0 radical (unpaired) electrons. The molecule has 2 amide bonds. The maximum absolute atomic E-state index is 13.3. The van der Waals surface area contributed by atoms with Crippen molar-refractivity contribution in [3.8, 4) is 0 Å². The first-order valence-electron chi connectivity index (χ1n) is 10.7. The summed E-state index contributed by atoms with van der Waals surface area (Å²) in [6.07, 6.45) is 6.39. The van der Waals surface area contributed by atoms with Crippen LogP contribution in [0, 0.1) is 5.92 Å². The number of piperidine rings is 1. The van der Waals surface area contributed by atoms with Gasteiger partial charge in [0, 0.05) is 25.2 Å². The van der Waals surface area contributed by atoms with E-state index in [1.807, 2.05) is 15.9 Å². The monoisotopic (exact) mass is 384 g/mol. The Morgan fingerprint density at radius 2 is 1.86 bits per heavy atom. The highest BCUT2D eigenvalue weighted by Crippen LogP contribution is 2.33. The predicted molar refractivity (Wildman–Crippen MR) is 104 cm³/mol. The molecule has 5 rings (SSSR count). The lowest BCUT2D eigenvalue weighted by Crippen LogP contribution is -2.52. The molecule has 2 unspecified atom stereocenters. The van der Waals surface area contributed by atoms with Crippen molar-refractivity contribution >= 4 is 17.5 Å². The van der Waals surface area contributed by atoms with Gasteiger partial charge in [0.15, 0.2) is 6.29 Å². The maximum Gasteiger partial charge on any atom is 0.228 e. The molecule has 0 spiro atoms. The number of aryl methyl sites for hydroxylation is 2. The number of benzene rings is 1. The largest absolute Gasteiger partial charge is 0.348 e. The van der Waals surface area contributed by atoms with E-state index in [1.165, 1.54) is 17.5 Å². The van der Waals surface area contributed by atoms with E-state index >= 15 is 0 Å². The molecule has 0 aromatic heterocycles. The van der Waals surface area contributed by atoms with Gasteiger partial charge < -0.3 is 19.3 Å². The smallest absolute Gasteiger partial charge is 0.228 e. The zero-order chi connectivity index (χ0) is 19.1. The zero-order valence-electron chi connectivity index (χ0n) is 16.3. The normalized spacial score (nSPS) is 28.2. The second kappa shape index (κ2) is 7.48. The second-order valence-electron chi connectivity index (χ2n) is 8.42. The first-order chi connectivity index (χ1) is 13.7. The van der Waals surface area contributed by atoms with Gasteiger partial charge in [0.2, 0.25) is 11.8 Å². The van der Waals surface area contributed by atoms with Gasteiger partial charge in [0.25, 0.3) is 0 Å². The Bertz CT molecular complexity index is 774. The van der Waals surface area contributed by atoms with E-state index in [9.17, 15) is 9.59 Å². The number of hydrogen-bond acceptors (Lipinski definition) is 4. The highest BCUT2D eigenvalue weighted by molar-refractivity contribution is 6.00. The van der Waals surface area contributed by atoms with Gasteiger partial charge >= 0.3 is 0 Å². The van der Waals surface area contributed by atoms with E-state index in [0.717, 1.165) is 44.3 Å². The topological polar surface area (TPSA) is 59.1 Å². The molecular weight excluding hydrogens is 356 g/mol. The predicted octanol–water partition coefficient (Wildman–Crippen LogP) is 2.28. The van der Waals surface area contributed by atoms with Crippen LogP contribution in [-0.2, 0) is 31.9 Å². The number of carbonyl (C=O) groups is 2. The Hall–Kier alpha value is -1.92. The van der Waals surface area contributed by atoms with Gasteiger partial charge in [-0.15, -0.1) is 0 Å². The van der Waals surface area contributed by atoms with Crippen molar-refractivity contribution in [2.45, 2.75) is 57.3 Å². The van der Waals surface area contributed by atoms with Crippen LogP contribution in [-0.4, -0.2) is 55.3 Å².